The summed E-state index contributed by atoms with van der Waals surface area (Å²) in [5.41, 5.74) is 1.02. The zero-order valence-corrected chi connectivity index (χ0v) is 14.3. The average molecular weight is 357 g/mol. The SMILES string of the molecule is Cc1c(Cl)cccc1S(=O)(=O)N1CC(n2cc([C@H](C)O)nn2)C1. The molecule has 0 saturated carbocycles. The van der Waals surface area contributed by atoms with Crippen LogP contribution >= 0.6 is 11.6 Å². The van der Waals surface area contributed by atoms with Crippen molar-refractivity contribution in [3.8, 4) is 0 Å². The summed E-state index contributed by atoms with van der Waals surface area (Å²) < 4.78 is 28.3. The molecule has 7 nitrogen and oxygen atoms in total. The van der Waals surface area contributed by atoms with Gasteiger partial charge in [-0.25, -0.2) is 13.1 Å². The van der Waals surface area contributed by atoms with Crippen molar-refractivity contribution in [1.82, 2.24) is 19.3 Å². The summed E-state index contributed by atoms with van der Waals surface area (Å²) in [5, 5.41) is 17.7. The molecule has 3 rings (SSSR count). The first-order valence-corrected chi connectivity index (χ1v) is 8.97. The van der Waals surface area contributed by atoms with Crippen molar-refractivity contribution < 1.29 is 13.5 Å². The third-order valence-corrected chi connectivity index (χ3v) is 6.38. The van der Waals surface area contributed by atoms with Gasteiger partial charge in [0, 0.05) is 18.1 Å². The summed E-state index contributed by atoms with van der Waals surface area (Å²) in [7, 11) is -3.57. The van der Waals surface area contributed by atoms with E-state index in [4.69, 9.17) is 11.6 Å². The molecule has 9 heteroatoms. The van der Waals surface area contributed by atoms with Crippen molar-refractivity contribution in [3.05, 3.63) is 40.7 Å². The predicted molar refractivity (Wildman–Crippen MR) is 84.6 cm³/mol. The van der Waals surface area contributed by atoms with E-state index in [-0.39, 0.29) is 10.9 Å². The van der Waals surface area contributed by atoms with E-state index in [1.807, 2.05) is 0 Å². The molecular formula is C14H17ClN4O3S. The number of halogens is 1. The van der Waals surface area contributed by atoms with Crippen LogP contribution in [0.2, 0.25) is 5.02 Å². The molecule has 23 heavy (non-hydrogen) atoms. The number of hydrogen-bond donors (Lipinski definition) is 1. The van der Waals surface area contributed by atoms with E-state index in [0.29, 0.717) is 29.4 Å². The molecule has 0 bridgehead atoms. The second kappa shape index (κ2) is 5.86. The van der Waals surface area contributed by atoms with E-state index in [2.05, 4.69) is 10.3 Å². The largest absolute Gasteiger partial charge is 0.387 e. The maximum atomic E-state index is 12.7. The molecule has 124 valence electrons. The fraction of sp³-hybridized carbons (Fsp3) is 0.429. The summed E-state index contributed by atoms with van der Waals surface area (Å²) in [6.07, 6.45) is 0.946. The molecule has 0 unspecified atom stereocenters. The fourth-order valence-electron chi connectivity index (χ4n) is 2.45. The molecule has 2 heterocycles. The van der Waals surface area contributed by atoms with Crippen molar-refractivity contribution in [2.45, 2.75) is 30.9 Å². The van der Waals surface area contributed by atoms with Crippen LogP contribution in [-0.2, 0) is 10.0 Å². The third kappa shape index (κ3) is 2.87. The third-order valence-electron chi connectivity index (χ3n) is 3.99. The van der Waals surface area contributed by atoms with Gasteiger partial charge in [0.2, 0.25) is 10.0 Å². The zero-order valence-electron chi connectivity index (χ0n) is 12.7. The van der Waals surface area contributed by atoms with Gasteiger partial charge in [-0.3, -0.25) is 0 Å². The minimum absolute atomic E-state index is 0.0794. The van der Waals surface area contributed by atoms with Crippen molar-refractivity contribution >= 4 is 21.6 Å². The molecule has 1 aliphatic heterocycles. The van der Waals surface area contributed by atoms with Crippen molar-refractivity contribution in [1.29, 1.82) is 0 Å². The normalized spacial score (nSPS) is 17.9. The van der Waals surface area contributed by atoms with Gasteiger partial charge < -0.3 is 5.11 Å². The molecule has 1 aliphatic rings. The van der Waals surface area contributed by atoms with E-state index >= 15 is 0 Å². The lowest BCUT2D eigenvalue weighted by atomic mass is 10.2. The Labute approximate surface area is 139 Å². The minimum atomic E-state index is -3.57. The molecule has 1 aromatic carbocycles. The molecule has 1 aromatic heterocycles. The molecule has 1 saturated heterocycles. The van der Waals surface area contributed by atoms with Gasteiger partial charge in [-0.05, 0) is 31.5 Å². The van der Waals surface area contributed by atoms with Crippen molar-refractivity contribution in [3.63, 3.8) is 0 Å². The van der Waals surface area contributed by atoms with Crippen molar-refractivity contribution in [2.75, 3.05) is 13.1 Å². The van der Waals surface area contributed by atoms with Crippen LogP contribution < -0.4 is 0 Å². The molecular weight excluding hydrogens is 340 g/mol. The summed E-state index contributed by atoms with van der Waals surface area (Å²) in [5.74, 6) is 0. The van der Waals surface area contributed by atoms with Crippen LogP contribution in [0.5, 0.6) is 0 Å². The Morgan fingerprint density at radius 1 is 1.39 bits per heavy atom. The van der Waals surface area contributed by atoms with Gasteiger partial charge in [0.15, 0.2) is 0 Å². The summed E-state index contributed by atoms with van der Waals surface area (Å²) in [6.45, 7) is 3.93. The first kappa shape index (κ1) is 16.4. The van der Waals surface area contributed by atoms with Crippen molar-refractivity contribution in [2.24, 2.45) is 0 Å². The van der Waals surface area contributed by atoms with Crippen LogP contribution in [0.25, 0.3) is 0 Å². The first-order valence-electron chi connectivity index (χ1n) is 7.15. The van der Waals surface area contributed by atoms with E-state index in [9.17, 15) is 13.5 Å². The highest BCUT2D eigenvalue weighted by molar-refractivity contribution is 7.89. The lowest BCUT2D eigenvalue weighted by Crippen LogP contribution is -2.50. The van der Waals surface area contributed by atoms with Gasteiger partial charge in [-0.2, -0.15) is 4.31 Å². The number of rotatable bonds is 4. The number of sulfonamides is 1. The van der Waals surface area contributed by atoms with E-state index in [1.165, 1.54) is 4.31 Å². The summed E-state index contributed by atoms with van der Waals surface area (Å²) >= 11 is 6.01. The standard InChI is InChI=1S/C14H17ClN4O3S/c1-9-12(15)4-3-5-14(9)23(21,22)18-6-11(7-18)19-8-13(10(2)20)16-17-19/h3-5,8,10-11,20H,6-7H2,1-2H3/t10-/m0/s1. The number of aromatic nitrogens is 3. The monoisotopic (exact) mass is 356 g/mol. The highest BCUT2D eigenvalue weighted by Gasteiger charge is 2.39. The highest BCUT2D eigenvalue weighted by atomic mass is 35.5. The van der Waals surface area contributed by atoms with Gasteiger partial charge in [-0.15, -0.1) is 5.10 Å². The Morgan fingerprint density at radius 3 is 2.70 bits per heavy atom. The summed E-state index contributed by atoms with van der Waals surface area (Å²) in [4.78, 5) is 0.228. The first-order chi connectivity index (χ1) is 10.8. The Balaban J connectivity index is 1.76. The van der Waals surface area contributed by atoms with Gasteiger partial charge in [-0.1, -0.05) is 22.9 Å². The van der Waals surface area contributed by atoms with Gasteiger partial charge in [0.1, 0.15) is 5.69 Å². The molecule has 0 aliphatic carbocycles. The number of aliphatic hydroxyl groups excluding tert-OH is 1. The zero-order chi connectivity index (χ0) is 16.8. The van der Waals surface area contributed by atoms with Crippen LogP contribution in [0.4, 0.5) is 0 Å². The van der Waals surface area contributed by atoms with Crippen LogP contribution in [0.15, 0.2) is 29.3 Å². The van der Waals surface area contributed by atoms with E-state index in [0.717, 1.165) is 0 Å². The predicted octanol–water partition coefficient (Wildman–Crippen LogP) is 1.54. The van der Waals surface area contributed by atoms with Crippen LogP contribution in [0.3, 0.4) is 0 Å². The molecule has 0 amide bonds. The van der Waals surface area contributed by atoms with Crippen LogP contribution in [-0.4, -0.2) is 45.9 Å². The second-order valence-electron chi connectivity index (χ2n) is 5.64. The fourth-order valence-corrected chi connectivity index (χ4v) is 4.44. The van der Waals surface area contributed by atoms with Crippen LogP contribution in [0, 0.1) is 6.92 Å². The Hall–Kier alpha value is -1.48. The average Bonchev–Trinajstić information content (AvgIpc) is 2.89. The Bertz CT molecular complexity index is 828. The second-order valence-corrected chi connectivity index (χ2v) is 7.95. The quantitative estimate of drug-likeness (QED) is 0.897. The number of nitrogens with zero attached hydrogens (tertiary/aromatic N) is 4. The highest BCUT2D eigenvalue weighted by Crippen LogP contribution is 2.31. The number of hydrogen-bond acceptors (Lipinski definition) is 5. The van der Waals surface area contributed by atoms with Crippen LogP contribution in [0.1, 0.15) is 30.3 Å². The van der Waals surface area contributed by atoms with Gasteiger partial charge in [0.25, 0.3) is 0 Å². The molecule has 1 fully saturated rings. The molecule has 1 atom stereocenters. The molecule has 1 N–H and O–H groups in total. The minimum Gasteiger partial charge on any atom is -0.387 e. The van der Waals surface area contributed by atoms with Gasteiger partial charge >= 0.3 is 0 Å². The topological polar surface area (TPSA) is 88.3 Å². The Kier molecular flexibility index (Phi) is 4.18. The Morgan fingerprint density at radius 2 is 2.09 bits per heavy atom. The number of benzene rings is 1. The van der Waals surface area contributed by atoms with E-state index in [1.54, 1.807) is 42.9 Å². The molecule has 2 aromatic rings. The lowest BCUT2D eigenvalue weighted by Gasteiger charge is -2.37. The molecule has 0 spiro atoms. The molecule has 0 radical (unpaired) electrons. The maximum Gasteiger partial charge on any atom is 0.243 e. The lowest BCUT2D eigenvalue weighted by molar-refractivity contribution is 0.187. The maximum absolute atomic E-state index is 12.7. The van der Waals surface area contributed by atoms with Gasteiger partial charge in [0.05, 0.1) is 23.2 Å². The summed E-state index contributed by atoms with van der Waals surface area (Å²) in [6, 6.07) is 4.78. The smallest absolute Gasteiger partial charge is 0.243 e. The number of aliphatic hydroxyl groups is 1. The van der Waals surface area contributed by atoms with E-state index < -0.39 is 16.1 Å².